The number of fused-ring (bicyclic) bond motifs is 1. The van der Waals surface area contributed by atoms with Crippen LogP contribution >= 0.6 is 0 Å². The maximum absolute atomic E-state index is 12.7. The van der Waals surface area contributed by atoms with Crippen LogP contribution in [0.15, 0.2) is 41.0 Å². The Labute approximate surface area is 153 Å². The monoisotopic (exact) mass is 355 g/mol. The topological polar surface area (TPSA) is 74.6 Å². The van der Waals surface area contributed by atoms with Crippen molar-refractivity contribution in [3.63, 3.8) is 0 Å². The molecule has 0 bridgehead atoms. The quantitative estimate of drug-likeness (QED) is 0.865. The molecule has 1 aliphatic rings. The third kappa shape index (κ3) is 3.65. The molecule has 2 aromatic rings. The van der Waals surface area contributed by atoms with Crippen molar-refractivity contribution < 1.29 is 14.0 Å². The molecule has 2 amide bonds. The van der Waals surface area contributed by atoms with Crippen molar-refractivity contribution in [3.8, 4) is 0 Å². The largest absolute Gasteiger partial charge is 0.468 e. The normalized spacial score (nSPS) is 16.7. The van der Waals surface area contributed by atoms with Crippen LogP contribution in [0.5, 0.6) is 0 Å². The molecular formula is C20H25N3O3. The van der Waals surface area contributed by atoms with Crippen molar-refractivity contribution in [2.24, 2.45) is 0 Å². The van der Waals surface area contributed by atoms with Crippen LogP contribution in [0.1, 0.15) is 48.0 Å². The Morgan fingerprint density at radius 2 is 2.12 bits per heavy atom. The van der Waals surface area contributed by atoms with Gasteiger partial charge in [0, 0.05) is 29.6 Å². The molecule has 0 aliphatic carbocycles. The van der Waals surface area contributed by atoms with E-state index in [1.54, 1.807) is 18.4 Å². The van der Waals surface area contributed by atoms with E-state index in [9.17, 15) is 9.59 Å². The zero-order valence-corrected chi connectivity index (χ0v) is 15.6. The average Bonchev–Trinajstić information content (AvgIpc) is 3.07. The standard InChI is InChI=1S/C20H25N3O3/c1-20(2)11-18(24)22-15-8-7-13(10-14(15)20)19(25)21-12-16(23(3)4)17-6-5-9-26-17/h5-10,16H,11-12H2,1-4H3,(H,21,25)(H,22,24)/t16-/m1/s1. The Hall–Kier alpha value is -2.60. The summed E-state index contributed by atoms with van der Waals surface area (Å²) in [6.45, 7) is 4.48. The molecule has 26 heavy (non-hydrogen) atoms. The molecule has 0 saturated carbocycles. The van der Waals surface area contributed by atoms with E-state index in [4.69, 9.17) is 4.42 Å². The number of nitrogens with zero attached hydrogens (tertiary/aromatic N) is 1. The molecule has 0 saturated heterocycles. The summed E-state index contributed by atoms with van der Waals surface area (Å²) >= 11 is 0. The highest BCUT2D eigenvalue weighted by Gasteiger charge is 2.32. The lowest BCUT2D eigenvalue weighted by Gasteiger charge is -2.32. The molecule has 1 aromatic heterocycles. The number of nitrogens with one attached hydrogen (secondary N) is 2. The summed E-state index contributed by atoms with van der Waals surface area (Å²) in [5, 5.41) is 5.86. The molecule has 1 atom stereocenters. The Morgan fingerprint density at radius 1 is 1.35 bits per heavy atom. The minimum atomic E-state index is -0.297. The molecule has 138 valence electrons. The molecule has 0 spiro atoms. The number of hydrogen-bond acceptors (Lipinski definition) is 4. The van der Waals surface area contributed by atoms with Crippen molar-refractivity contribution in [3.05, 3.63) is 53.5 Å². The number of furan rings is 1. The second-order valence-corrected chi connectivity index (χ2v) is 7.57. The predicted molar refractivity (Wildman–Crippen MR) is 100 cm³/mol. The van der Waals surface area contributed by atoms with Crippen LogP contribution in [0, 0.1) is 0 Å². The van der Waals surface area contributed by atoms with Gasteiger partial charge in [-0.25, -0.2) is 0 Å². The molecule has 1 aliphatic heterocycles. The van der Waals surface area contributed by atoms with E-state index in [-0.39, 0.29) is 23.3 Å². The van der Waals surface area contributed by atoms with Gasteiger partial charge in [-0.2, -0.15) is 0 Å². The summed E-state index contributed by atoms with van der Waals surface area (Å²) in [6, 6.07) is 9.13. The number of anilines is 1. The van der Waals surface area contributed by atoms with Gasteiger partial charge in [-0.3, -0.25) is 14.5 Å². The van der Waals surface area contributed by atoms with Crippen molar-refractivity contribution in [1.29, 1.82) is 0 Å². The molecule has 2 N–H and O–H groups in total. The summed E-state index contributed by atoms with van der Waals surface area (Å²) in [7, 11) is 3.90. The SMILES string of the molecule is CN(C)[C@H](CNC(=O)c1ccc2c(c1)C(C)(C)CC(=O)N2)c1ccco1. The van der Waals surface area contributed by atoms with Crippen molar-refractivity contribution >= 4 is 17.5 Å². The fourth-order valence-corrected chi connectivity index (χ4v) is 3.36. The Kier molecular flexibility index (Phi) is 4.87. The summed E-state index contributed by atoms with van der Waals surface area (Å²) in [5.74, 6) is 0.676. The minimum Gasteiger partial charge on any atom is -0.468 e. The van der Waals surface area contributed by atoms with E-state index in [0.29, 0.717) is 18.5 Å². The maximum Gasteiger partial charge on any atom is 0.251 e. The number of benzene rings is 1. The summed E-state index contributed by atoms with van der Waals surface area (Å²) in [6.07, 6.45) is 2.04. The van der Waals surface area contributed by atoms with E-state index < -0.39 is 0 Å². The van der Waals surface area contributed by atoms with Crippen molar-refractivity contribution in [1.82, 2.24) is 10.2 Å². The van der Waals surface area contributed by atoms with Crippen molar-refractivity contribution in [2.75, 3.05) is 26.0 Å². The van der Waals surface area contributed by atoms with Crippen LogP contribution in [0.25, 0.3) is 0 Å². The maximum atomic E-state index is 12.7. The lowest BCUT2D eigenvalue weighted by Crippen LogP contribution is -2.35. The van der Waals surface area contributed by atoms with Crippen LogP contribution in [-0.4, -0.2) is 37.4 Å². The van der Waals surface area contributed by atoms with Gasteiger partial charge in [-0.1, -0.05) is 13.8 Å². The fraction of sp³-hybridized carbons (Fsp3) is 0.400. The number of carbonyl (C=O) groups excluding carboxylic acids is 2. The van der Waals surface area contributed by atoms with Crippen LogP contribution in [0.4, 0.5) is 5.69 Å². The Morgan fingerprint density at radius 3 is 2.77 bits per heavy atom. The number of rotatable bonds is 5. The summed E-state index contributed by atoms with van der Waals surface area (Å²) < 4.78 is 5.47. The van der Waals surface area contributed by atoms with E-state index in [1.807, 2.05) is 51.0 Å². The van der Waals surface area contributed by atoms with Gasteiger partial charge in [0.2, 0.25) is 5.91 Å². The van der Waals surface area contributed by atoms with Crippen molar-refractivity contribution in [2.45, 2.75) is 31.7 Å². The first-order chi connectivity index (χ1) is 12.3. The van der Waals surface area contributed by atoms with Gasteiger partial charge in [0.25, 0.3) is 5.91 Å². The highest BCUT2D eigenvalue weighted by molar-refractivity contribution is 5.98. The zero-order valence-electron chi connectivity index (χ0n) is 15.6. The van der Waals surface area contributed by atoms with Gasteiger partial charge in [-0.05, 0) is 50.0 Å². The average molecular weight is 355 g/mol. The van der Waals surface area contributed by atoms with Gasteiger partial charge in [0.15, 0.2) is 0 Å². The van der Waals surface area contributed by atoms with Crippen LogP contribution in [-0.2, 0) is 10.2 Å². The fourth-order valence-electron chi connectivity index (χ4n) is 3.36. The lowest BCUT2D eigenvalue weighted by atomic mass is 9.77. The smallest absolute Gasteiger partial charge is 0.251 e. The molecule has 1 aromatic carbocycles. The molecule has 0 unspecified atom stereocenters. The Bertz CT molecular complexity index is 810. The molecule has 2 heterocycles. The lowest BCUT2D eigenvalue weighted by molar-refractivity contribution is -0.117. The van der Waals surface area contributed by atoms with E-state index in [2.05, 4.69) is 10.6 Å². The van der Waals surface area contributed by atoms with Crippen LogP contribution in [0.2, 0.25) is 0 Å². The van der Waals surface area contributed by atoms with Gasteiger partial charge < -0.3 is 15.1 Å². The van der Waals surface area contributed by atoms with Crippen LogP contribution in [0.3, 0.4) is 0 Å². The summed E-state index contributed by atoms with van der Waals surface area (Å²) in [5.41, 5.74) is 2.06. The molecular weight excluding hydrogens is 330 g/mol. The molecule has 6 heteroatoms. The Balaban J connectivity index is 1.75. The highest BCUT2D eigenvalue weighted by Crippen LogP contribution is 2.37. The second kappa shape index (κ2) is 6.96. The summed E-state index contributed by atoms with van der Waals surface area (Å²) in [4.78, 5) is 26.5. The second-order valence-electron chi connectivity index (χ2n) is 7.57. The van der Waals surface area contributed by atoms with E-state index in [0.717, 1.165) is 17.0 Å². The number of hydrogen-bond donors (Lipinski definition) is 2. The number of likely N-dealkylation sites (N-methyl/N-ethyl adjacent to an activating group) is 1. The van der Waals surface area contributed by atoms with Crippen LogP contribution < -0.4 is 10.6 Å². The first-order valence-corrected chi connectivity index (χ1v) is 8.70. The first-order valence-electron chi connectivity index (χ1n) is 8.70. The van der Waals surface area contributed by atoms with Gasteiger partial charge in [0.1, 0.15) is 5.76 Å². The molecule has 0 radical (unpaired) electrons. The third-order valence-corrected chi connectivity index (χ3v) is 4.84. The molecule has 6 nitrogen and oxygen atoms in total. The zero-order chi connectivity index (χ0) is 18.9. The predicted octanol–water partition coefficient (Wildman–Crippen LogP) is 2.93. The number of carbonyl (C=O) groups is 2. The molecule has 0 fully saturated rings. The van der Waals surface area contributed by atoms with Gasteiger partial charge >= 0.3 is 0 Å². The van der Waals surface area contributed by atoms with E-state index in [1.165, 1.54) is 0 Å². The van der Waals surface area contributed by atoms with Gasteiger partial charge in [0.05, 0.1) is 12.3 Å². The molecule has 3 rings (SSSR count). The minimum absolute atomic E-state index is 0.00646. The first kappa shape index (κ1) is 18.2. The van der Waals surface area contributed by atoms with E-state index >= 15 is 0 Å². The van der Waals surface area contributed by atoms with Gasteiger partial charge in [-0.15, -0.1) is 0 Å². The number of amides is 2. The third-order valence-electron chi connectivity index (χ3n) is 4.84. The highest BCUT2D eigenvalue weighted by atomic mass is 16.3.